The Balaban J connectivity index is 1.66. The van der Waals surface area contributed by atoms with E-state index in [0.717, 1.165) is 11.1 Å². The molecule has 0 spiro atoms. The van der Waals surface area contributed by atoms with Gasteiger partial charge in [0.15, 0.2) is 5.69 Å². The topological polar surface area (TPSA) is 98.1 Å². The van der Waals surface area contributed by atoms with Crippen LogP contribution in [-0.2, 0) is 10.3 Å². The number of ether oxygens (including phenoxy) is 1. The number of pyridine rings is 1. The number of benzene rings is 2. The summed E-state index contributed by atoms with van der Waals surface area (Å²) >= 11 is 12.9. The van der Waals surface area contributed by atoms with Gasteiger partial charge in [0, 0.05) is 34.1 Å². The zero-order valence-corrected chi connectivity index (χ0v) is 26.4. The van der Waals surface area contributed by atoms with Gasteiger partial charge in [-0.15, -0.1) is 0 Å². The molecule has 0 aliphatic heterocycles. The number of alkyl carbamates (subject to hydrolysis) is 1. The normalized spacial score (nSPS) is 11.3. The van der Waals surface area contributed by atoms with Crippen molar-refractivity contribution in [2.45, 2.75) is 52.7 Å². The van der Waals surface area contributed by atoms with E-state index in [1.54, 1.807) is 68.2 Å². The van der Waals surface area contributed by atoms with Crippen LogP contribution in [-0.4, -0.2) is 38.9 Å². The second kappa shape index (κ2) is 12.9. The van der Waals surface area contributed by atoms with Crippen molar-refractivity contribution < 1.29 is 14.3 Å². The van der Waals surface area contributed by atoms with Crippen molar-refractivity contribution in [1.29, 1.82) is 0 Å². The van der Waals surface area contributed by atoms with E-state index in [0.29, 0.717) is 32.6 Å². The number of halogens is 2. The van der Waals surface area contributed by atoms with Gasteiger partial charge in [-0.1, -0.05) is 53.2 Å². The Kier molecular flexibility index (Phi) is 9.49. The number of amides is 2. The fourth-order valence-electron chi connectivity index (χ4n) is 4.31. The minimum absolute atomic E-state index is 0.112. The first kappa shape index (κ1) is 31.6. The summed E-state index contributed by atoms with van der Waals surface area (Å²) in [4.78, 5) is 29.7. The monoisotopic (exact) mass is 617 g/mol. The molecule has 2 aromatic carbocycles. The summed E-state index contributed by atoms with van der Waals surface area (Å²) < 4.78 is 6.88. The molecule has 0 saturated carbocycles. The zero-order valence-electron chi connectivity index (χ0n) is 24.9. The van der Waals surface area contributed by atoms with E-state index in [9.17, 15) is 9.59 Å². The molecule has 10 heteroatoms. The molecular weight excluding hydrogens is 585 g/mol. The van der Waals surface area contributed by atoms with E-state index in [1.807, 2.05) is 45.0 Å². The Labute approximate surface area is 261 Å². The van der Waals surface area contributed by atoms with E-state index in [1.165, 1.54) is 0 Å². The number of aromatic nitrogens is 3. The van der Waals surface area contributed by atoms with Gasteiger partial charge in [0.2, 0.25) is 0 Å². The van der Waals surface area contributed by atoms with E-state index in [2.05, 4.69) is 27.5 Å². The molecule has 0 radical (unpaired) electrons. The third-order valence-corrected chi connectivity index (χ3v) is 6.95. The molecule has 43 heavy (non-hydrogen) atoms. The third kappa shape index (κ3) is 7.95. The number of hydrogen-bond donors (Lipinski definition) is 2. The first-order valence-corrected chi connectivity index (χ1v) is 14.3. The lowest BCUT2D eigenvalue weighted by Gasteiger charge is -2.26. The molecule has 222 valence electrons. The predicted octanol–water partition coefficient (Wildman–Crippen LogP) is 7.09. The van der Waals surface area contributed by atoms with Crippen LogP contribution >= 0.6 is 23.2 Å². The summed E-state index contributed by atoms with van der Waals surface area (Å²) in [6, 6.07) is 16.4. The number of rotatable bonds is 6. The fourth-order valence-corrected chi connectivity index (χ4v) is 4.70. The molecule has 2 heterocycles. The van der Waals surface area contributed by atoms with Gasteiger partial charge in [-0.25, -0.2) is 9.48 Å². The maximum Gasteiger partial charge on any atom is 0.408 e. The van der Waals surface area contributed by atoms with Crippen LogP contribution in [0.3, 0.4) is 0 Å². The van der Waals surface area contributed by atoms with Crippen molar-refractivity contribution in [3.63, 3.8) is 0 Å². The van der Waals surface area contributed by atoms with Gasteiger partial charge in [0.1, 0.15) is 5.60 Å². The van der Waals surface area contributed by atoms with Crippen LogP contribution in [0.2, 0.25) is 10.0 Å². The number of carbonyl (C=O) groups is 2. The summed E-state index contributed by atoms with van der Waals surface area (Å²) in [5.74, 6) is 5.55. The van der Waals surface area contributed by atoms with Crippen molar-refractivity contribution in [3.05, 3.63) is 99.4 Å². The lowest BCUT2D eigenvalue weighted by atomic mass is 9.95. The first-order chi connectivity index (χ1) is 20.2. The summed E-state index contributed by atoms with van der Waals surface area (Å²) in [5.41, 5.74) is 3.23. The van der Waals surface area contributed by atoms with Crippen LogP contribution in [0.1, 0.15) is 61.8 Å². The Morgan fingerprint density at radius 2 is 1.74 bits per heavy atom. The van der Waals surface area contributed by atoms with Crippen LogP contribution in [0.4, 0.5) is 4.79 Å². The average Bonchev–Trinajstić information content (AvgIpc) is 3.27. The van der Waals surface area contributed by atoms with E-state index in [4.69, 9.17) is 33.0 Å². The quantitative estimate of drug-likeness (QED) is 0.225. The van der Waals surface area contributed by atoms with Crippen molar-refractivity contribution in [2.75, 3.05) is 6.54 Å². The van der Waals surface area contributed by atoms with Gasteiger partial charge < -0.3 is 15.4 Å². The molecule has 2 amide bonds. The van der Waals surface area contributed by atoms with Gasteiger partial charge in [-0.05, 0) is 83.5 Å². The average molecular weight is 619 g/mol. The molecule has 0 atom stereocenters. The largest absolute Gasteiger partial charge is 0.444 e. The molecule has 0 saturated heterocycles. The molecule has 8 nitrogen and oxygen atoms in total. The summed E-state index contributed by atoms with van der Waals surface area (Å²) in [5, 5.41) is 11.4. The minimum atomic E-state index is -0.696. The highest BCUT2D eigenvalue weighted by molar-refractivity contribution is 6.32. The van der Waals surface area contributed by atoms with Crippen molar-refractivity contribution in [1.82, 2.24) is 25.4 Å². The molecule has 0 fully saturated rings. The van der Waals surface area contributed by atoms with Gasteiger partial charge >= 0.3 is 6.09 Å². The highest BCUT2D eigenvalue weighted by Gasteiger charge is 2.28. The Morgan fingerprint density at radius 3 is 2.37 bits per heavy atom. The van der Waals surface area contributed by atoms with Crippen LogP contribution in [0.25, 0.3) is 16.9 Å². The van der Waals surface area contributed by atoms with Gasteiger partial charge in [0.25, 0.3) is 5.91 Å². The lowest BCUT2D eigenvalue weighted by Crippen LogP contribution is -2.41. The Bertz CT molecular complexity index is 1700. The second-order valence-corrected chi connectivity index (χ2v) is 12.2. The fraction of sp³-hybridized carbons (Fsp3) is 0.273. The number of nitrogens with zero attached hydrogens (tertiary/aromatic N) is 3. The Hall–Kier alpha value is -4.32. The minimum Gasteiger partial charge on any atom is -0.444 e. The number of carbonyl (C=O) groups excluding carboxylic acids is 2. The SMILES string of the molecule is Cc1c(C(=O)NC(C)(C)c2cccnc2)nn(-c2ccc(C#CCNC(=O)OC(C)(C)C)cc2Cl)c1-c1ccc(Cl)cc1. The maximum atomic E-state index is 13.6. The number of nitrogens with one attached hydrogen (secondary N) is 2. The molecule has 2 aromatic heterocycles. The molecule has 4 rings (SSSR count). The molecule has 2 N–H and O–H groups in total. The van der Waals surface area contributed by atoms with Crippen LogP contribution in [0.15, 0.2) is 67.0 Å². The van der Waals surface area contributed by atoms with Crippen LogP contribution in [0.5, 0.6) is 0 Å². The van der Waals surface area contributed by atoms with E-state index >= 15 is 0 Å². The zero-order chi connectivity index (χ0) is 31.4. The molecule has 0 aliphatic rings. The lowest BCUT2D eigenvalue weighted by molar-refractivity contribution is 0.0535. The molecule has 0 bridgehead atoms. The van der Waals surface area contributed by atoms with Crippen molar-refractivity contribution in [2.24, 2.45) is 0 Å². The van der Waals surface area contributed by atoms with E-state index < -0.39 is 17.2 Å². The Morgan fingerprint density at radius 1 is 1.02 bits per heavy atom. The second-order valence-electron chi connectivity index (χ2n) is 11.4. The smallest absolute Gasteiger partial charge is 0.408 e. The highest BCUT2D eigenvalue weighted by Crippen LogP contribution is 2.33. The highest BCUT2D eigenvalue weighted by atomic mass is 35.5. The van der Waals surface area contributed by atoms with Crippen molar-refractivity contribution in [3.8, 4) is 28.8 Å². The summed E-state index contributed by atoms with van der Waals surface area (Å²) in [6.45, 7) is 11.2. The number of hydrogen-bond acceptors (Lipinski definition) is 5. The summed E-state index contributed by atoms with van der Waals surface area (Å²) in [7, 11) is 0. The molecular formula is C33H33Cl2N5O3. The molecule has 0 aliphatic carbocycles. The van der Waals surface area contributed by atoms with Gasteiger partial charge in [-0.3, -0.25) is 9.78 Å². The van der Waals surface area contributed by atoms with Gasteiger partial charge in [0.05, 0.1) is 28.5 Å². The standard InChI is InChI=1S/C33H33Cl2N5O3/c1-21-28(30(41)38-33(5,6)24-10-8-17-36-20-24)39-40(29(21)23-12-14-25(34)15-13-23)27-16-11-22(19-26(27)35)9-7-18-37-31(42)43-32(2,3)4/h8,10-17,19-20H,18H2,1-6H3,(H,37,42)(H,38,41). The molecule has 0 unspecified atom stereocenters. The van der Waals surface area contributed by atoms with E-state index in [-0.39, 0.29) is 18.1 Å². The predicted molar refractivity (Wildman–Crippen MR) is 170 cm³/mol. The summed E-state index contributed by atoms with van der Waals surface area (Å²) in [6.07, 6.45) is 2.87. The first-order valence-electron chi connectivity index (χ1n) is 13.6. The van der Waals surface area contributed by atoms with Crippen LogP contribution < -0.4 is 10.6 Å². The maximum absolute atomic E-state index is 13.6. The van der Waals surface area contributed by atoms with Crippen LogP contribution in [0, 0.1) is 18.8 Å². The van der Waals surface area contributed by atoms with Gasteiger partial charge in [-0.2, -0.15) is 5.10 Å². The van der Waals surface area contributed by atoms with Crippen molar-refractivity contribution >= 4 is 35.2 Å². The third-order valence-electron chi connectivity index (χ3n) is 6.39. The molecule has 4 aromatic rings.